The summed E-state index contributed by atoms with van der Waals surface area (Å²) >= 11 is 0. The molecule has 1 aromatic rings. The van der Waals surface area contributed by atoms with E-state index in [1.165, 1.54) is 16.7 Å². The molecular weight excluding hydrogens is 222 g/mol. The molecule has 1 aromatic carbocycles. The second kappa shape index (κ2) is 7.55. The van der Waals surface area contributed by atoms with Gasteiger partial charge < -0.3 is 10.8 Å². The van der Waals surface area contributed by atoms with Gasteiger partial charge in [0.2, 0.25) is 0 Å². The Morgan fingerprint density at radius 1 is 1.22 bits per heavy atom. The molecule has 0 aliphatic carbocycles. The molecule has 2 unspecified atom stereocenters. The van der Waals surface area contributed by atoms with E-state index >= 15 is 0 Å². The number of aryl methyl sites for hydroxylation is 2. The van der Waals surface area contributed by atoms with Gasteiger partial charge in [-0.05, 0) is 54.3 Å². The molecule has 2 atom stereocenters. The van der Waals surface area contributed by atoms with Crippen LogP contribution in [0.3, 0.4) is 0 Å². The Morgan fingerprint density at radius 3 is 2.44 bits per heavy atom. The first kappa shape index (κ1) is 15.2. The maximum Gasteiger partial charge on any atom is 0.0471 e. The van der Waals surface area contributed by atoms with E-state index in [4.69, 9.17) is 5.73 Å². The zero-order valence-corrected chi connectivity index (χ0v) is 11.9. The summed E-state index contributed by atoms with van der Waals surface area (Å²) in [6.07, 6.45) is 3.10. The van der Waals surface area contributed by atoms with Crippen molar-refractivity contribution in [3.8, 4) is 0 Å². The lowest BCUT2D eigenvalue weighted by molar-refractivity contribution is 0.217. The molecule has 0 radical (unpaired) electrons. The van der Waals surface area contributed by atoms with Gasteiger partial charge in [-0.3, -0.25) is 0 Å². The van der Waals surface area contributed by atoms with E-state index < -0.39 is 0 Å². The lowest BCUT2D eigenvalue weighted by Crippen LogP contribution is -2.20. The molecule has 0 bridgehead atoms. The number of nitrogens with two attached hydrogens (primary N) is 1. The summed E-state index contributed by atoms with van der Waals surface area (Å²) in [4.78, 5) is 0. The highest BCUT2D eigenvalue weighted by atomic mass is 16.3. The minimum absolute atomic E-state index is 0.190. The van der Waals surface area contributed by atoms with Gasteiger partial charge in [0.15, 0.2) is 0 Å². The van der Waals surface area contributed by atoms with Gasteiger partial charge in [0.25, 0.3) is 0 Å². The van der Waals surface area contributed by atoms with Crippen LogP contribution in [0.2, 0.25) is 0 Å². The highest BCUT2D eigenvalue weighted by molar-refractivity contribution is 5.34. The van der Waals surface area contributed by atoms with E-state index in [0.717, 1.165) is 19.3 Å². The van der Waals surface area contributed by atoms with E-state index in [-0.39, 0.29) is 12.5 Å². The molecule has 102 valence electrons. The first-order valence-corrected chi connectivity index (χ1v) is 7.08. The van der Waals surface area contributed by atoms with E-state index in [9.17, 15) is 5.11 Å². The van der Waals surface area contributed by atoms with Crippen LogP contribution in [0.15, 0.2) is 18.2 Å². The third-order valence-electron chi connectivity index (χ3n) is 3.81. The summed E-state index contributed by atoms with van der Waals surface area (Å²) in [5.74, 6) is 0.683. The fourth-order valence-corrected chi connectivity index (χ4v) is 2.52. The van der Waals surface area contributed by atoms with E-state index in [1.54, 1.807) is 0 Å². The molecular formula is C16H27NO. The van der Waals surface area contributed by atoms with Crippen LogP contribution >= 0.6 is 0 Å². The lowest BCUT2D eigenvalue weighted by Gasteiger charge is -2.21. The molecule has 18 heavy (non-hydrogen) atoms. The molecule has 0 saturated heterocycles. The van der Waals surface area contributed by atoms with E-state index in [2.05, 4.69) is 39.0 Å². The average Bonchev–Trinajstić information content (AvgIpc) is 2.43. The van der Waals surface area contributed by atoms with Crippen molar-refractivity contribution in [3.63, 3.8) is 0 Å². The van der Waals surface area contributed by atoms with Gasteiger partial charge in [-0.25, -0.2) is 0 Å². The van der Waals surface area contributed by atoms with Crippen LogP contribution in [-0.4, -0.2) is 18.3 Å². The number of rotatable bonds is 7. The van der Waals surface area contributed by atoms with Crippen LogP contribution in [0.25, 0.3) is 0 Å². The normalized spacial score (nSPS) is 14.5. The molecule has 0 saturated carbocycles. The average molecular weight is 249 g/mol. The molecule has 0 aromatic heterocycles. The molecule has 0 fully saturated rings. The summed E-state index contributed by atoms with van der Waals surface area (Å²) in [6, 6.07) is 6.80. The van der Waals surface area contributed by atoms with Gasteiger partial charge in [-0.1, -0.05) is 39.0 Å². The predicted molar refractivity (Wildman–Crippen MR) is 77.9 cm³/mol. The molecule has 0 heterocycles. The van der Waals surface area contributed by atoms with Crippen molar-refractivity contribution < 1.29 is 5.11 Å². The smallest absolute Gasteiger partial charge is 0.0471 e. The Kier molecular flexibility index (Phi) is 6.37. The van der Waals surface area contributed by atoms with Crippen molar-refractivity contribution in [2.45, 2.75) is 46.0 Å². The molecule has 0 amide bonds. The van der Waals surface area contributed by atoms with Crippen molar-refractivity contribution in [2.24, 2.45) is 11.7 Å². The largest absolute Gasteiger partial charge is 0.396 e. The standard InChI is InChI=1S/C16H27NO/c1-4-13-6-7-15(5-2)16(9-13)12(3)8-14(10-17)11-18/h6-7,9,12,14,18H,4-5,8,10-11,17H2,1-3H3. The summed E-state index contributed by atoms with van der Waals surface area (Å²) < 4.78 is 0. The van der Waals surface area contributed by atoms with Crippen LogP contribution < -0.4 is 5.73 Å². The summed E-state index contributed by atoms with van der Waals surface area (Å²) in [7, 11) is 0. The molecule has 2 nitrogen and oxygen atoms in total. The quantitative estimate of drug-likeness (QED) is 0.780. The monoisotopic (exact) mass is 249 g/mol. The SMILES string of the molecule is CCc1ccc(CC)c(C(C)CC(CN)CO)c1. The molecule has 3 N–H and O–H groups in total. The minimum Gasteiger partial charge on any atom is -0.396 e. The van der Waals surface area contributed by atoms with Gasteiger partial charge in [-0.15, -0.1) is 0 Å². The molecule has 1 rings (SSSR count). The van der Waals surface area contributed by atoms with Crippen molar-refractivity contribution >= 4 is 0 Å². The predicted octanol–water partition coefficient (Wildman–Crippen LogP) is 2.87. The topological polar surface area (TPSA) is 46.2 Å². The molecule has 0 spiro atoms. The number of hydrogen-bond donors (Lipinski definition) is 2. The fourth-order valence-electron chi connectivity index (χ4n) is 2.52. The Bertz CT molecular complexity index is 358. The van der Waals surface area contributed by atoms with Crippen LogP contribution in [0.4, 0.5) is 0 Å². The van der Waals surface area contributed by atoms with Gasteiger partial charge in [0.1, 0.15) is 0 Å². The Balaban J connectivity index is 2.91. The molecule has 0 aliphatic heterocycles. The highest BCUT2D eigenvalue weighted by Gasteiger charge is 2.15. The van der Waals surface area contributed by atoms with E-state index in [0.29, 0.717) is 12.5 Å². The van der Waals surface area contributed by atoms with Crippen LogP contribution in [0.1, 0.15) is 49.8 Å². The zero-order chi connectivity index (χ0) is 13.5. The van der Waals surface area contributed by atoms with Gasteiger partial charge in [0.05, 0.1) is 0 Å². The fraction of sp³-hybridized carbons (Fsp3) is 0.625. The van der Waals surface area contributed by atoms with Gasteiger partial charge in [-0.2, -0.15) is 0 Å². The van der Waals surface area contributed by atoms with Gasteiger partial charge in [0, 0.05) is 6.61 Å². The van der Waals surface area contributed by atoms with E-state index in [1.807, 2.05) is 0 Å². The number of benzene rings is 1. The van der Waals surface area contributed by atoms with Crippen LogP contribution in [0, 0.1) is 5.92 Å². The molecule has 2 heteroatoms. The minimum atomic E-state index is 0.190. The third kappa shape index (κ3) is 3.82. The second-order valence-corrected chi connectivity index (χ2v) is 5.16. The lowest BCUT2D eigenvalue weighted by atomic mass is 9.86. The Hall–Kier alpha value is -0.860. The summed E-state index contributed by atoms with van der Waals surface area (Å²) in [5, 5.41) is 9.27. The first-order chi connectivity index (χ1) is 8.65. The van der Waals surface area contributed by atoms with Crippen molar-refractivity contribution in [1.82, 2.24) is 0 Å². The number of hydrogen-bond acceptors (Lipinski definition) is 2. The van der Waals surface area contributed by atoms with Gasteiger partial charge >= 0.3 is 0 Å². The summed E-state index contributed by atoms with van der Waals surface area (Å²) in [6.45, 7) is 7.38. The highest BCUT2D eigenvalue weighted by Crippen LogP contribution is 2.27. The maximum atomic E-state index is 9.27. The van der Waals surface area contributed by atoms with Crippen molar-refractivity contribution in [2.75, 3.05) is 13.2 Å². The Labute approximate surface area is 111 Å². The zero-order valence-electron chi connectivity index (χ0n) is 11.9. The third-order valence-corrected chi connectivity index (χ3v) is 3.81. The van der Waals surface area contributed by atoms with Crippen LogP contribution in [-0.2, 0) is 12.8 Å². The first-order valence-electron chi connectivity index (χ1n) is 7.08. The molecule has 0 aliphatic rings. The maximum absolute atomic E-state index is 9.27. The Morgan fingerprint density at radius 2 is 1.94 bits per heavy atom. The second-order valence-electron chi connectivity index (χ2n) is 5.16. The number of aliphatic hydroxyl groups excluding tert-OH is 1. The van der Waals surface area contributed by atoms with Crippen molar-refractivity contribution in [1.29, 1.82) is 0 Å². The van der Waals surface area contributed by atoms with Crippen molar-refractivity contribution in [3.05, 3.63) is 34.9 Å². The van der Waals surface area contributed by atoms with Crippen LogP contribution in [0.5, 0.6) is 0 Å². The summed E-state index contributed by atoms with van der Waals surface area (Å²) in [5.41, 5.74) is 9.93. The number of aliphatic hydroxyl groups is 1.